The van der Waals surface area contributed by atoms with Crippen molar-refractivity contribution in [1.82, 2.24) is 4.72 Å². The van der Waals surface area contributed by atoms with Gasteiger partial charge in [-0.05, 0) is 50.0 Å². The van der Waals surface area contributed by atoms with Crippen molar-refractivity contribution < 1.29 is 12.8 Å². The number of rotatable bonds is 5. The molecule has 2 atom stereocenters. The Balaban J connectivity index is 2.00. The first kappa shape index (κ1) is 20.4. The second kappa shape index (κ2) is 7.35. The topological polar surface area (TPSA) is 55.4 Å². The highest BCUT2D eigenvalue weighted by atomic mass is 32.2. The third kappa shape index (κ3) is 5.26. The van der Waals surface area contributed by atoms with E-state index in [9.17, 15) is 8.42 Å². The Labute approximate surface area is 153 Å². The molecular weight excluding hydrogens is 350 g/mol. The minimum absolute atomic E-state index is 0.0843. The third-order valence-electron chi connectivity index (χ3n) is 5.21. The fraction of sp³-hybridized carbons (Fsp3) is 0.579. The minimum atomic E-state index is -3.49. The molecule has 0 spiro atoms. The van der Waals surface area contributed by atoms with Gasteiger partial charge in [-0.15, -0.1) is 0 Å². The summed E-state index contributed by atoms with van der Waals surface area (Å²) in [6.07, 6.45) is 5.63. The SMILES string of the molecule is Cc1ccc(S(=O)(=O)NC2C=C[C@H](O[Si](C)(C)C(C)(C)C)CC2)cc1. The van der Waals surface area contributed by atoms with Crippen molar-refractivity contribution in [2.24, 2.45) is 0 Å². The first-order chi connectivity index (χ1) is 11.4. The summed E-state index contributed by atoms with van der Waals surface area (Å²) >= 11 is 0. The van der Waals surface area contributed by atoms with Gasteiger partial charge in [-0.2, -0.15) is 0 Å². The number of sulfonamides is 1. The van der Waals surface area contributed by atoms with E-state index in [1.165, 1.54) is 0 Å². The molecule has 0 radical (unpaired) electrons. The molecule has 0 aliphatic heterocycles. The first-order valence-electron chi connectivity index (χ1n) is 8.86. The highest BCUT2D eigenvalue weighted by molar-refractivity contribution is 7.89. The van der Waals surface area contributed by atoms with Gasteiger partial charge in [0.15, 0.2) is 8.32 Å². The first-order valence-corrected chi connectivity index (χ1v) is 13.2. The minimum Gasteiger partial charge on any atom is -0.411 e. The molecule has 0 saturated heterocycles. The zero-order valence-corrected chi connectivity index (χ0v) is 18.0. The van der Waals surface area contributed by atoms with Crippen molar-refractivity contribution >= 4 is 18.3 Å². The van der Waals surface area contributed by atoms with Gasteiger partial charge in [0.05, 0.1) is 11.0 Å². The maximum absolute atomic E-state index is 12.5. The van der Waals surface area contributed by atoms with Crippen LogP contribution in [-0.4, -0.2) is 28.9 Å². The quantitative estimate of drug-likeness (QED) is 0.608. The second-order valence-corrected chi connectivity index (χ2v) is 14.9. The van der Waals surface area contributed by atoms with Crippen LogP contribution in [0.4, 0.5) is 0 Å². The molecule has 1 aliphatic carbocycles. The van der Waals surface area contributed by atoms with E-state index in [-0.39, 0.29) is 17.2 Å². The monoisotopic (exact) mass is 381 g/mol. The molecule has 140 valence electrons. The average molecular weight is 382 g/mol. The highest BCUT2D eigenvalue weighted by Gasteiger charge is 2.39. The summed E-state index contributed by atoms with van der Waals surface area (Å²) in [6.45, 7) is 13.1. The molecule has 6 heteroatoms. The molecule has 4 nitrogen and oxygen atoms in total. The maximum Gasteiger partial charge on any atom is 0.241 e. The zero-order valence-electron chi connectivity index (χ0n) is 16.2. The molecule has 0 saturated carbocycles. The smallest absolute Gasteiger partial charge is 0.241 e. The largest absolute Gasteiger partial charge is 0.411 e. The summed E-state index contributed by atoms with van der Waals surface area (Å²) in [6, 6.07) is 6.75. The third-order valence-corrected chi connectivity index (χ3v) is 11.2. The molecule has 25 heavy (non-hydrogen) atoms. The molecule has 0 bridgehead atoms. The number of hydrogen-bond donors (Lipinski definition) is 1. The lowest BCUT2D eigenvalue weighted by Gasteiger charge is -2.39. The van der Waals surface area contributed by atoms with Gasteiger partial charge in [-0.1, -0.05) is 50.6 Å². The van der Waals surface area contributed by atoms with Crippen molar-refractivity contribution in [3.63, 3.8) is 0 Å². The van der Waals surface area contributed by atoms with Crippen molar-refractivity contribution in [1.29, 1.82) is 0 Å². The van der Waals surface area contributed by atoms with E-state index in [0.29, 0.717) is 4.90 Å². The van der Waals surface area contributed by atoms with Crippen molar-refractivity contribution in [3.8, 4) is 0 Å². The van der Waals surface area contributed by atoms with Gasteiger partial charge in [0, 0.05) is 6.04 Å². The van der Waals surface area contributed by atoms with Gasteiger partial charge >= 0.3 is 0 Å². The van der Waals surface area contributed by atoms with Crippen molar-refractivity contribution in [2.45, 2.75) is 75.7 Å². The molecule has 1 aliphatic rings. The molecule has 0 amide bonds. The number of hydrogen-bond acceptors (Lipinski definition) is 3. The normalized spacial score (nSPS) is 22.2. The summed E-state index contributed by atoms with van der Waals surface area (Å²) < 4.78 is 34.1. The van der Waals surface area contributed by atoms with Crippen LogP contribution < -0.4 is 4.72 Å². The number of nitrogens with one attached hydrogen (secondary N) is 1. The Hall–Kier alpha value is -0.953. The molecule has 1 N–H and O–H groups in total. The lowest BCUT2D eigenvalue weighted by molar-refractivity contribution is 0.203. The Morgan fingerprint density at radius 2 is 1.68 bits per heavy atom. The van der Waals surface area contributed by atoms with Gasteiger partial charge in [0.25, 0.3) is 0 Å². The summed E-state index contributed by atoms with van der Waals surface area (Å²) in [7, 11) is -5.30. The average Bonchev–Trinajstić information content (AvgIpc) is 2.48. The summed E-state index contributed by atoms with van der Waals surface area (Å²) in [5.41, 5.74) is 1.04. The van der Waals surface area contributed by atoms with Gasteiger partial charge < -0.3 is 4.43 Å². The van der Waals surface area contributed by atoms with Crippen LogP contribution in [0, 0.1) is 6.92 Å². The van der Waals surface area contributed by atoms with E-state index in [2.05, 4.69) is 38.6 Å². The molecule has 1 aromatic carbocycles. The summed E-state index contributed by atoms with van der Waals surface area (Å²) in [4.78, 5) is 0.311. The lowest BCUT2D eigenvalue weighted by Crippen LogP contribution is -2.45. The summed E-state index contributed by atoms with van der Waals surface area (Å²) in [5.74, 6) is 0. The summed E-state index contributed by atoms with van der Waals surface area (Å²) in [5, 5.41) is 0.171. The van der Waals surface area contributed by atoms with Crippen LogP contribution in [0.25, 0.3) is 0 Å². The molecular formula is C19H31NO3SSi. The van der Waals surface area contributed by atoms with Gasteiger partial charge in [-0.25, -0.2) is 13.1 Å². The molecule has 0 fully saturated rings. The Bertz CT molecular complexity index is 718. The van der Waals surface area contributed by atoms with E-state index in [1.54, 1.807) is 12.1 Å². The van der Waals surface area contributed by atoms with Crippen LogP contribution in [0.2, 0.25) is 18.1 Å². The molecule has 1 unspecified atom stereocenters. The second-order valence-electron chi connectivity index (χ2n) is 8.42. The van der Waals surface area contributed by atoms with Crippen LogP contribution in [0.15, 0.2) is 41.3 Å². The molecule has 1 aromatic rings. The molecule has 0 heterocycles. The number of benzene rings is 1. The van der Waals surface area contributed by atoms with Crippen LogP contribution in [0.5, 0.6) is 0 Å². The molecule has 2 rings (SSSR count). The van der Waals surface area contributed by atoms with Crippen molar-refractivity contribution in [2.75, 3.05) is 0 Å². The Morgan fingerprint density at radius 1 is 1.08 bits per heavy atom. The van der Waals surface area contributed by atoms with Crippen molar-refractivity contribution in [3.05, 3.63) is 42.0 Å². The Morgan fingerprint density at radius 3 is 2.16 bits per heavy atom. The molecule has 0 aromatic heterocycles. The Kier molecular flexibility index (Phi) is 5.98. The standard InChI is InChI=1S/C19H31NO3SSi/c1-15-7-13-18(14-8-15)24(21,22)20-16-9-11-17(12-10-16)23-25(5,6)19(2,3)4/h7-9,11,13-14,16-17,20H,10,12H2,1-6H3/t16?,17-/m0/s1. The van der Waals surface area contributed by atoms with Crippen LogP contribution in [0.1, 0.15) is 39.2 Å². The van der Waals surface area contributed by atoms with Crippen LogP contribution in [-0.2, 0) is 14.4 Å². The maximum atomic E-state index is 12.5. The van der Waals surface area contributed by atoms with E-state index in [4.69, 9.17) is 4.43 Å². The number of aryl methyl sites for hydroxylation is 1. The van der Waals surface area contributed by atoms with Crippen LogP contribution in [0.3, 0.4) is 0 Å². The highest BCUT2D eigenvalue weighted by Crippen LogP contribution is 2.38. The zero-order chi connectivity index (χ0) is 18.9. The van der Waals surface area contributed by atoms with E-state index >= 15 is 0 Å². The van der Waals surface area contributed by atoms with Crippen LogP contribution >= 0.6 is 0 Å². The fourth-order valence-electron chi connectivity index (χ4n) is 2.53. The van der Waals surface area contributed by atoms with Gasteiger partial charge in [-0.3, -0.25) is 0 Å². The van der Waals surface area contributed by atoms with Gasteiger partial charge in [0.2, 0.25) is 10.0 Å². The van der Waals surface area contributed by atoms with E-state index < -0.39 is 18.3 Å². The predicted octanol–water partition coefficient (Wildman–Crippen LogP) is 4.38. The predicted molar refractivity (Wildman–Crippen MR) is 106 cm³/mol. The van der Waals surface area contributed by atoms with E-state index in [0.717, 1.165) is 18.4 Å². The van der Waals surface area contributed by atoms with Gasteiger partial charge in [0.1, 0.15) is 0 Å². The fourth-order valence-corrected chi connectivity index (χ4v) is 5.06. The lowest BCUT2D eigenvalue weighted by atomic mass is 10.0. The van der Waals surface area contributed by atoms with E-state index in [1.807, 2.05) is 31.2 Å².